The van der Waals surface area contributed by atoms with Crippen LogP contribution >= 0.6 is 0 Å². The summed E-state index contributed by atoms with van der Waals surface area (Å²) < 4.78 is 10.9. The molecule has 0 spiro atoms. The zero-order valence-electron chi connectivity index (χ0n) is 19.8. The van der Waals surface area contributed by atoms with E-state index in [2.05, 4.69) is 42.3 Å². The third kappa shape index (κ3) is 4.83. The van der Waals surface area contributed by atoms with Crippen molar-refractivity contribution in [2.45, 2.75) is 19.9 Å². The molecule has 3 heterocycles. The zero-order chi connectivity index (χ0) is 23.5. The Hall–Kier alpha value is -3.23. The third-order valence-electron chi connectivity index (χ3n) is 6.41. The number of anilines is 2. The van der Waals surface area contributed by atoms with Crippen LogP contribution in [0, 0.1) is 6.92 Å². The van der Waals surface area contributed by atoms with Gasteiger partial charge in [-0.1, -0.05) is 12.1 Å². The molecule has 34 heavy (non-hydrogen) atoms. The van der Waals surface area contributed by atoms with Crippen molar-refractivity contribution < 1.29 is 14.3 Å². The number of hydrogen-bond acceptors (Lipinski definition) is 7. The van der Waals surface area contributed by atoms with Gasteiger partial charge >= 0.3 is 0 Å². The van der Waals surface area contributed by atoms with Gasteiger partial charge in [-0.05, 0) is 43.7 Å². The zero-order valence-corrected chi connectivity index (χ0v) is 19.8. The maximum absolute atomic E-state index is 13.3. The van der Waals surface area contributed by atoms with Gasteiger partial charge in [0.1, 0.15) is 5.82 Å². The van der Waals surface area contributed by atoms with Crippen molar-refractivity contribution in [3.8, 4) is 0 Å². The number of morpholine rings is 2. The fraction of sp³-hybridized carbons (Fsp3) is 0.423. The number of carbonyl (C=O) groups is 1. The SMILES string of the molecule is Cc1cccc(NC(C)c2cc(C(=O)N3CCOCC3)cc3ncc(N4CCOCC4)nc23)c1. The Morgan fingerprint density at radius 1 is 1.03 bits per heavy atom. The van der Waals surface area contributed by atoms with E-state index in [1.165, 1.54) is 5.56 Å². The minimum Gasteiger partial charge on any atom is -0.378 e. The summed E-state index contributed by atoms with van der Waals surface area (Å²) in [5.74, 6) is 0.848. The molecule has 0 saturated carbocycles. The summed E-state index contributed by atoms with van der Waals surface area (Å²) in [4.78, 5) is 27.1. The second-order valence-electron chi connectivity index (χ2n) is 8.90. The third-order valence-corrected chi connectivity index (χ3v) is 6.41. The molecule has 0 aliphatic carbocycles. The van der Waals surface area contributed by atoms with E-state index in [4.69, 9.17) is 19.4 Å². The van der Waals surface area contributed by atoms with Gasteiger partial charge in [0.15, 0.2) is 0 Å². The maximum Gasteiger partial charge on any atom is 0.254 e. The molecule has 2 fully saturated rings. The monoisotopic (exact) mass is 461 g/mol. The predicted molar refractivity (Wildman–Crippen MR) is 133 cm³/mol. The van der Waals surface area contributed by atoms with Crippen LogP contribution < -0.4 is 10.2 Å². The molecule has 178 valence electrons. The highest BCUT2D eigenvalue weighted by Gasteiger charge is 2.23. The summed E-state index contributed by atoms with van der Waals surface area (Å²) in [7, 11) is 0. The van der Waals surface area contributed by atoms with Crippen LogP contribution in [0.2, 0.25) is 0 Å². The largest absolute Gasteiger partial charge is 0.378 e. The summed E-state index contributed by atoms with van der Waals surface area (Å²) in [6.07, 6.45) is 1.80. The number of ether oxygens (including phenoxy) is 2. The Labute approximate surface area is 199 Å². The number of nitrogens with zero attached hydrogens (tertiary/aromatic N) is 4. The second kappa shape index (κ2) is 9.95. The summed E-state index contributed by atoms with van der Waals surface area (Å²) in [5, 5.41) is 3.59. The van der Waals surface area contributed by atoms with E-state index >= 15 is 0 Å². The number of aromatic nitrogens is 2. The molecule has 3 aromatic rings. The molecule has 1 unspecified atom stereocenters. The van der Waals surface area contributed by atoms with E-state index < -0.39 is 0 Å². The normalized spacial score (nSPS) is 17.6. The molecule has 0 radical (unpaired) electrons. The number of fused-ring (bicyclic) bond motifs is 1. The minimum atomic E-state index is -0.0732. The van der Waals surface area contributed by atoms with Gasteiger partial charge in [0.05, 0.1) is 49.7 Å². The standard InChI is InChI=1S/C26H31N5O3/c1-18-4-3-5-21(14-18)28-19(2)22-15-20(26(32)31-8-12-34-13-9-31)16-23-25(22)29-24(17-27-23)30-6-10-33-11-7-30/h3-5,14-17,19,28H,6-13H2,1-2H3. The minimum absolute atomic E-state index is 0.00765. The smallest absolute Gasteiger partial charge is 0.254 e. The van der Waals surface area contributed by atoms with Crippen LogP contribution in [0.3, 0.4) is 0 Å². The molecule has 2 aliphatic heterocycles. The molecule has 2 saturated heterocycles. The van der Waals surface area contributed by atoms with E-state index in [0.29, 0.717) is 45.1 Å². The first-order valence-electron chi connectivity index (χ1n) is 11.9. The average molecular weight is 462 g/mol. The fourth-order valence-corrected chi connectivity index (χ4v) is 4.54. The van der Waals surface area contributed by atoms with Crippen molar-refractivity contribution in [3.05, 3.63) is 59.3 Å². The summed E-state index contributed by atoms with van der Waals surface area (Å²) in [6, 6.07) is 12.1. The molecular formula is C26H31N5O3. The van der Waals surface area contributed by atoms with Crippen molar-refractivity contribution in [1.82, 2.24) is 14.9 Å². The van der Waals surface area contributed by atoms with Gasteiger partial charge < -0.3 is 24.6 Å². The molecule has 1 atom stereocenters. The van der Waals surface area contributed by atoms with Crippen molar-refractivity contribution in [3.63, 3.8) is 0 Å². The van der Waals surface area contributed by atoms with E-state index in [1.807, 2.05) is 23.1 Å². The van der Waals surface area contributed by atoms with Crippen LogP contribution in [0.1, 0.15) is 34.5 Å². The fourth-order valence-electron chi connectivity index (χ4n) is 4.54. The van der Waals surface area contributed by atoms with E-state index in [9.17, 15) is 4.79 Å². The number of hydrogen-bond donors (Lipinski definition) is 1. The number of nitrogens with one attached hydrogen (secondary N) is 1. The first kappa shape index (κ1) is 22.6. The van der Waals surface area contributed by atoms with Gasteiger partial charge in [0.2, 0.25) is 0 Å². The Kier molecular flexibility index (Phi) is 6.60. The molecular weight excluding hydrogens is 430 g/mol. The van der Waals surface area contributed by atoms with Crippen molar-refractivity contribution >= 4 is 28.4 Å². The number of amides is 1. The number of carbonyl (C=O) groups excluding carboxylic acids is 1. The lowest BCUT2D eigenvalue weighted by Gasteiger charge is -2.29. The first-order chi connectivity index (χ1) is 16.6. The van der Waals surface area contributed by atoms with Crippen LogP contribution in [-0.2, 0) is 9.47 Å². The molecule has 1 amide bonds. The molecule has 5 rings (SSSR count). The molecule has 8 nitrogen and oxygen atoms in total. The van der Waals surface area contributed by atoms with Crippen molar-refractivity contribution in [2.24, 2.45) is 0 Å². The van der Waals surface area contributed by atoms with Gasteiger partial charge in [0, 0.05) is 43.0 Å². The van der Waals surface area contributed by atoms with Crippen LogP contribution in [-0.4, -0.2) is 73.4 Å². The summed E-state index contributed by atoms with van der Waals surface area (Å²) in [6.45, 7) is 9.47. The molecule has 2 aliphatic rings. The number of aryl methyl sites for hydroxylation is 1. The Morgan fingerprint density at radius 2 is 1.76 bits per heavy atom. The highest BCUT2D eigenvalue weighted by molar-refractivity contribution is 5.98. The van der Waals surface area contributed by atoms with E-state index in [0.717, 1.165) is 41.2 Å². The molecule has 2 aromatic carbocycles. The molecule has 8 heteroatoms. The van der Waals surface area contributed by atoms with Crippen LogP contribution in [0.5, 0.6) is 0 Å². The first-order valence-corrected chi connectivity index (χ1v) is 11.9. The topological polar surface area (TPSA) is 79.8 Å². The molecule has 0 bridgehead atoms. The molecule has 1 N–H and O–H groups in total. The average Bonchev–Trinajstić information content (AvgIpc) is 2.88. The Balaban J connectivity index is 1.54. The molecule has 1 aromatic heterocycles. The van der Waals surface area contributed by atoms with Gasteiger partial charge in [-0.25, -0.2) is 4.98 Å². The van der Waals surface area contributed by atoms with Gasteiger partial charge in [-0.2, -0.15) is 0 Å². The summed E-state index contributed by atoms with van der Waals surface area (Å²) in [5.41, 5.74) is 5.35. The maximum atomic E-state index is 13.3. The van der Waals surface area contributed by atoms with Gasteiger partial charge in [-0.3, -0.25) is 9.78 Å². The van der Waals surface area contributed by atoms with E-state index in [1.54, 1.807) is 6.20 Å². The lowest BCUT2D eigenvalue weighted by atomic mass is 10.0. The highest BCUT2D eigenvalue weighted by Crippen LogP contribution is 2.29. The van der Waals surface area contributed by atoms with Crippen LogP contribution in [0.15, 0.2) is 42.6 Å². The van der Waals surface area contributed by atoms with Crippen molar-refractivity contribution in [1.29, 1.82) is 0 Å². The quantitative estimate of drug-likeness (QED) is 0.624. The van der Waals surface area contributed by atoms with Crippen LogP contribution in [0.25, 0.3) is 11.0 Å². The predicted octanol–water partition coefficient (Wildman–Crippen LogP) is 3.42. The lowest BCUT2D eigenvalue weighted by Crippen LogP contribution is -2.40. The summed E-state index contributed by atoms with van der Waals surface area (Å²) >= 11 is 0. The number of benzene rings is 2. The van der Waals surface area contributed by atoms with Crippen LogP contribution in [0.4, 0.5) is 11.5 Å². The van der Waals surface area contributed by atoms with Gasteiger partial charge in [-0.15, -0.1) is 0 Å². The Morgan fingerprint density at radius 3 is 2.50 bits per heavy atom. The number of rotatable bonds is 5. The Bertz CT molecular complexity index is 1170. The lowest BCUT2D eigenvalue weighted by molar-refractivity contribution is 0.0303. The van der Waals surface area contributed by atoms with E-state index in [-0.39, 0.29) is 11.9 Å². The van der Waals surface area contributed by atoms with Gasteiger partial charge in [0.25, 0.3) is 5.91 Å². The highest BCUT2D eigenvalue weighted by atomic mass is 16.5. The van der Waals surface area contributed by atoms with Crippen molar-refractivity contribution in [2.75, 3.05) is 62.8 Å². The second-order valence-corrected chi connectivity index (χ2v) is 8.90.